The quantitative estimate of drug-likeness (QED) is 0.739. The number of piperidine rings is 1. The van der Waals surface area contributed by atoms with Gasteiger partial charge in [-0.1, -0.05) is 26.7 Å². The van der Waals surface area contributed by atoms with Crippen molar-refractivity contribution >= 4 is 5.97 Å². The second-order valence-electron chi connectivity index (χ2n) is 7.50. The summed E-state index contributed by atoms with van der Waals surface area (Å²) in [7, 11) is 0. The monoisotopic (exact) mass is 277 g/mol. The minimum Gasteiger partial charge on any atom is -0.432 e. The van der Waals surface area contributed by atoms with Crippen LogP contribution in [-0.4, -0.2) is 40.9 Å². The van der Waals surface area contributed by atoms with E-state index in [-0.39, 0.29) is 23.3 Å². The molecule has 110 valence electrons. The van der Waals surface area contributed by atoms with E-state index < -0.39 is 5.79 Å². The number of esters is 1. The average Bonchev–Trinajstić information content (AvgIpc) is 3.04. The van der Waals surface area contributed by atoms with Crippen molar-refractivity contribution in [3.05, 3.63) is 0 Å². The van der Waals surface area contributed by atoms with Gasteiger partial charge in [0, 0.05) is 12.0 Å². The number of ether oxygens (including phenoxy) is 2. The molecule has 5 heterocycles. The van der Waals surface area contributed by atoms with Crippen molar-refractivity contribution in [1.29, 1.82) is 0 Å². The van der Waals surface area contributed by atoms with E-state index >= 15 is 0 Å². The lowest BCUT2D eigenvalue weighted by Gasteiger charge is -2.48. The van der Waals surface area contributed by atoms with Crippen LogP contribution in [0.2, 0.25) is 0 Å². The zero-order valence-electron chi connectivity index (χ0n) is 12.3. The first-order valence-electron chi connectivity index (χ1n) is 8.32. The zero-order valence-corrected chi connectivity index (χ0v) is 12.3. The topological polar surface area (TPSA) is 38.8 Å². The van der Waals surface area contributed by atoms with Gasteiger partial charge >= 0.3 is 5.97 Å². The normalized spacial score (nSPS) is 61.2. The fourth-order valence-electron chi connectivity index (χ4n) is 6.47. The summed E-state index contributed by atoms with van der Waals surface area (Å²) in [6.45, 7) is 5.48. The molecular weight excluding hydrogens is 254 g/mol. The van der Waals surface area contributed by atoms with Crippen LogP contribution < -0.4 is 0 Å². The fraction of sp³-hybridized carbons (Fsp3) is 0.938. The summed E-state index contributed by atoms with van der Waals surface area (Å²) in [5.74, 6) is 0.123. The number of rotatable bonds is 3. The Bertz CT molecular complexity index is 494. The molecule has 5 fully saturated rings. The van der Waals surface area contributed by atoms with E-state index in [1.54, 1.807) is 0 Å². The highest BCUT2D eigenvalue weighted by molar-refractivity contribution is 5.76. The molecule has 5 rings (SSSR count). The Kier molecular flexibility index (Phi) is 2.04. The van der Waals surface area contributed by atoms with Crippen molar-refractivity contribution in [2.24, 2.45) is 17.8 Å². The molecule has 1 spiro atoms. The summed E-state index contributed by atoms with van der Waals surface area (Å²) < 4.78 is 12.4. The Morgan fingerprint density at radius 3 is 3.10 bits per heavy atom. The molecule has 0 aromatic carbocycles. The molecule has 4 heteroatoms. The van der Waals surface area contributed by atoms with Crippen LogP contribution in [0.15, 0.2) is 0 Å². The molecule has 0 radical (unpaired) electrons. The minimum atomic E-state index is -0.551. The van der Waals surface area contributed by atoms with Gasteiger partial charge in [-0.3, -0.25) is 9.69 Å². The van der Waals surface area contributed by atoms with Crippen LogP contribution in [0.1, 0.15) is 46.0 Å². The number of hydrogen-bond donors (Lipinski definition) is 0. The second kappa shape index (κ2) is 3.41. The standard InChI is InChI=1S/C16H23NO3/c1-3-4-6-15-11-5-7-17(15)10-8-12(15)19-16(11)13(10)9(2)14(18)20-16/h9-13H,3-8H2,1-2H3/t9-,10-,11-,12-,13+,15-,16+/m0/s1. The van der Waals surface area contributed by atoms with Crippen molar-refractivity contribution in [3.8, 4) is 0 Å². The van der Waals surface area contributed by atoms with E-state index in [1.165, 1.54) is 25.8 Å². The van der Waals surface area contributed by atoms with Crippen molar-refractivity contribution < 1.29 is 14.3 Å². The van der Waals surface area contributed by atoms with Crippen LogP contribution in [0.5, 0.6) is 0 Å². The highest BCUT2D eigenvalue weighted by Gasteiger charge is 2.84. The molecule has 1 unspecified atom stereocenters. The van der Waals surface area contributed by atoms with Crippen LogP contribution in [0.3, 0.4) is 0 Å². The van der Waals surface area contributed by atoms with Crippen molar-refractivity contribution in [2.75, 3.05) is 6.54 Å². The van der Waals surface area contributed by atoms with Crippen molar-refractivity contribution in [2.45, 2.75) is 69.4 Å². The van der Waals surface area contributed by atoms with Crippen LogP contribution >= 0.6 is 0 Å². The maximum Gasteiger partial charge on any atom is 0.311 e. The number of nitrogens with zero attached hydrogens (tertiary/aromatic N) is 1. The molecule has 0 amide bonds. The predicted octanol–water partition coefficient (Wildman–Crippen LogP) is 1.93. The maximum atomic E-state index is 12.2. The van der Waals surface area contributed by atoms with E-state index in [4.69, 9.17) is 9.47 Å². The molecule has 0 aromatic heterocycles. The molecule has 5 aliphatic heterocycles. The third kappa shape index (κ3) is 0.970. The summed E-state index contributed by atoms with van der Waals surface area (Å²) in [6, 6.07) is 0.519. The van der Waals surface area contributed by atoms with E-state index in [9.17, 15) is 4.79 Å². The van der Waals surface area contributed by atoms with Gasteiger partial charge in [-0.25, -0.2) is 0 Å². The van der Waals surface area contributed by atoms with Gasteiger partial charge in [0.15, 0.2) is 0 Å². The number of fused-ring (bicyclic) bond motifs is 1. The Labute approximate surface area is 119 Å². The third-order valence-electron chi connectivity index (χ3n) is 7.00. The van der Waals surface area contributed by atoms with E-state index in [0.717, 1.165) is 12.8 Å². The smallest absolute Gasteiger partial charge is 0.311 e. The van der Waals surface area contributed by atoms with Gasteiger partial charge < -0.3 is 9.47 Å². The van der Waals surface area contributed by atoms with E-state index in [0.29, 0.717) is 18.1 Å². The second-order valence-corrected chi connectivity index (χ2v) is 7.50. The lowest BCUT2D eigenvalue weighted by molar-refractivity contribution is -0.258. The number of carbonyl (C=O) groups excluding carboxylic acids is 1. The van der Waals surface area contributed by atoms with E-state index in [2.05, 4.69) is 11.8 Å². The van der Waals surface area contributed by atoms with Crippen LogP contribution in [-0.2, 0) is 14.3 Å². The number of hydrogen-bond acceptors (Lipinski definition) is 4. The van der Waals surface area contributed by atoms with Gasteiger partial charge in [-0.2, -0.15) is 0 Å². The largest absolute Gasteiger partial charge is 0.432 e. The van der Waals surface area contributed by atoms with E-state index in [1.807, 2.05) is 6.92 Å². The molecule has 0 N–H and O–H groups in total. The summed E-state index contributed by atoms with van der Waals surface area (Å²) in [5, 5.41) is 0. The minimum absolute atomic E-state index is 0.00586. The number of carbonyl (C=O) groups is 1. The molecule has 5 saturated heterocycles. The van der Waals surface area contributed by atoms with Gasteiger partial charge in [-0.15, -0.1) is 0 Å². The summed E-state index contributed by atoms with van der Waals surface area (Å²) in [6.07, 6.45) is 6.27. The Balaban J connectivity index is 1.64. The molecule has 20 heavy (non-hydrogen) atoms. The van der Waals surface area contributed by atoms with Crippen LogP contribution in [0.4, 0.5) is 0 Å². The molecule has 5 aliphatic rings. The highest BCUT2D eigenvalue weighted by Crippen LogP contribution is 2.71. The molecule has 0 aliphatic carbocycles. The lowest BCUT2D eigenvalue weighted by atomic mass is 9.70. The molecule has 0 saturated carbocycles. The first-order valence-corrected chi connectivity index (χ1v) is 8.32. The van der Waals surface area contributed by atoms with Gasteiger partial charge in [0.05, 0.1) is 23.5 Å². The molecular formula is C16H23NO3. The third-order valence-corrected chi connectivity index (χ3v) is 7.00. The van der Waals surface area contributed by atoms with Gasteiger partial charge in [0.25, 0.3) is 0 Å². The Hall–Kier alpha value is -0.610. The predicted molar refractivity (Wildman–Crippen MR) is 71.8 cm³/mol. The zero-order chi connectivity index (χ0) is 13.7. The molecule has 5 bridgehead atoms. The lowest BCUT2D eigenvalue weighted by Crippen LogP contribution is -2.61. The average molecular weight is 277 g/mol. The van der Waals surface area contributed by atoms with Gasteiger partial charge in [0.1, 0.15) is 0 Å². The molecule has 8 atom stereocenters. The first-order chi connectivity index (χ1) is 9.65. The van der Waals surface area contributed by atoms with Crippen LogP contribution in [0.25, 0.3) is 0 Å². The Morgan fingerprint density at radius 2 is 2.30 bits per heavy atom. The first kappa shape index (κ1) is 12.0. The Morgan fingerprint density at radius 1 is 1.45 bits per heavy atom. The molecule has 0 aromatic rings. The molecule has 4 nitrogen and oxygen atoms in total. The van der Waals surface area contributed by atoms with Crippen molar-refractivity contribution in [1.82, 2.24) is 4.90 Å². The maximum absolute atomic E-state index is 12.2. The summed E-state index contributed by atoms with van der Waals surface area (Å²) >= 11 is 0. The van der Waals surface area contributed by atoms with Crippen molar-refractivity contribution in [3.63, 3.8) is 0 Å². The number of unbranched alkanes of at least 4 members (excludes halogenated alkanes) is 1. The summed E-state index contributed by atoms with van der Waals surface area (Å²) in [4.78, 5) is 14.9. The van der Waals surface area contributed by atoms with Crippen LogP contribution in [0, 0.1) is 17.8 Å². The highest BCUT2D eigenvalue weighted by atomic mass is 16.7. The van der Waals surface area contributed by atoms with Gasteiger partial charge in [-0.05, 0) is 25.8 Å². The fourth-order valence-corrected chi connectivity index (χ4v) is 6.47. The SMILES string of the molecule is CCCC[C@@]12[C@@H]3C[C@H]4[C@H]5[C@H](C)C(=O)O[C@]5(O3)[C@H]1CCN42. The van der Waals surface area contributed by atoms with Gasteiger partial charge in [0.2, 0.25) is 5.79 Å². The summed E-state index contributed by atoms with van der Waals surface area (Å²) in [5.41, 5.74) is 0.196.